The molecule has 3 heterocycles. The standard InChI is InChI=1S/C14H15N3O3/c1-9(2)10-8-12(20-16-10)14(18)17-6-7-19-13-11(17)4-3-5-15-13/h3-5,8-9H,6-7H2,1-2H3. The van der Waals surface area contributed by atoms with Crippen molar-refractivity contribution in [2.75, 3.05) is 18.1 Å². The number of hydrogen-bond acceptors (Lipinski definition) is 5. The predicted octanol–water partition coefficient (Wildman–Crippen LogP) is 2.23. The number of carbonyl (C=O) groups is 1. The lowest BCUT2D eigenvalue weighted by molar-refractivity contribution is 0.0940. The summed E-state index contributed by atoms with van der Waals surface area (Å²) < 4.78 is 10.6. The topological polar surface area (TPSA) is 68.5 Å². The number of aromatic nitrogens is 2. The van der Waals surface area contributed by atoms with Crippen molar-refractivity contribution >= 4 is 11.6 Å². The van der Waals surface area contributed by atoms with Crippen LogP contribution in [0.1, 0.15) is 36.0 Å². The van der Waals surface area contributed by atoms with Crippen LogP contribution >= 0.6 is 0 Å². The van der Waals surface area contributed by atoms with E-state index < -0.39 is 0 Å². The van der Waals surface area contributed by atoms with Crippen molar-refractivity contribution < 1.29 is 14.1 Å². The molecule has 0 saturated heterocycles. The van der Waals surface area contributed by atoms with E-state index in [0.29, 0.717) is 24.7 Å². The van der Waals surface area contributed by atoms with Gasteiger partial charge >= 0.3 is 0 Å². The Morgan fingerprint density at radius 3 is 3.05 bits per heavy atom. The number of amides is 1. The normalized spacial score (nSPS) is 14.1. The van der Waals surface area contributed by atoms with Crippen LogP contribution in [-0.4, -0.2) is 29.2 Å². The van der Waals surface area contributed by atoms with Gasteiger partial charge in [-0.2, -0.15) is 0 Å². The summed E-state index contributed by atoms with van der Waals surface area (Å²) >= 11 is 0. The van der Waals surface area contributed by atoms with Gasteiger partial charge in [-0.1, -0.05) is 19.0 Å². The van der Waals surface area contributed by atoms with E-state index in [-0.39, 0.29) is 17.6 Å². The number of carbonyl (C=O) groups excluding carboxylic acids is 1. The van der Waals surface area contributed by atoms with Crippen LogP contribution in [0.5, 0.6) is 5.88 Å². The van der Waals surface area contributed by atoms with Crippen LogP contribution in [0.3, 0.4) is 0 Å². The molecular weight excluding hydrogens is 258 g/mol. The second-order valence-corrected chi connectivity index (χ2v) is 4.90. The summed E-state index contributed by atoms with van der Waals surface area (Å²) in [6.07, 6.45) is 1.64. The largest absolute Gasteiger partial charge is 0.474 e. The van der Waals surface area contributed by atoms with Gasteiger partial charge < -0.3 is 9.26 Å². The molecule has 0 bridgehead atoms. The summed E-state index contributed by atoms with van der Waals surface area (Å²) in [5.41, 5.74) is 1.43. The maximum absolute atomic E-state index is 12.5. The highest BCUT2D eigenvalue weighted by Gasteiger charge is 2.28. The Morgan fingerprint density at radius 1 is 1.45 bits per heavy atom. The number of anilines is 1. The van der Waals surface area contributed by atoms with E-state index in [4.69, 9.17) is 9.26 Å². The van der Waals surface area contributed by atoms with Crippen LogP contribution < -0.4 is 9.64 Å². The number of fused-ring (bicyclic) bond motifs is 1. The highest BCUT2D eigenvalue weighted by atomic mass is 16.5. The first-order valence-electron chi connectivity index (χ1n) is 6.53. The quantitative estimate of drug-likeness (QED) is 0.839. The number of nitrogens with zero attached hydrogens (tertiary/aromatic N) is 3. The molecule has 0 unspecified atom stereocenters. The molecule has 104 valence electrons. The van der Waals surface area contributed by atoms with Crippen molar-refractivity contribution in [1.29, 1.82) is 0 Å². The van der Waals surface area contributed by atoms with E-state index in [9.17, 15) is 4.79 Å². The van der Waals surface area contributed by atoms with Crippen molar-refractivity contribution in [3.8, 4) is 5.88 Å². The third-order valence-corrected chi connectivity index (χ3v) is 3.17. The Kier molecular flexibility index (Phi) is 3.14. The summed E-state index contributed by atoms with van der Waals surface area (Å²) in [6, 6.07) is 5.27. The first-order valence-corrected chi connectivity index (χ1v) is 6.53. The zero-order valence-electron chi connectivity index (χ0n) is 11.4. The average molecular weight is 273 g/mol. The minimum Gasteiger partial charge on any atom is -0.474 e. The molecule has 0 radical (unpaired) electrons. The fraction of sp³-hybridized carbons (Fsp3) is 0.357. The third kappa shape index (κ3) is 2.13. The maximum Gasteiger partial charge on any atom is 0.297 e. The molecule has 6 heteroatoms. The van der Waals surface area contributed by atoms with Gasteiger partial charge in [-0.25, -0.2) is 4.98 Å². The lowest BCUT2D eigenvalue weighted by atomic mass is 10.1. The third-order valence-electron chi connectivity index (χ3n) is 3.17. The Morgan fingerprint density at radius 2 is 2.30 bits per heavy atom. The summed E-state index contributed by atoms with van der Waals surface area (Å²) in [7, 11) is 0. The number of hydrogen-bond donors (Lipinski definition) is 0. The molecule has 1 amide bonds. The van der Waals surface area contributed by atoms with Gasteiger partial charge in [0.05, 0.1) is 12.2 Å². The Balaban J connectivity index is 1.91. The van der Waals surface area contributed by atoms with Gasteiger partial charge in [0, 0.05) is 12.3 Å². The number of rotatable bonds is 2. The van der Waals surface area contributed by atoms with Crippen molar-refractivity contribution in [3.63, 3.8) is 0 Å². The van der Waals surface area contributed by atoms with Crippen molar-refractivity contribution in [2.24, 2.45) is 0 Å². The van der Waals surface area contributed by atoms with E-state index >= 15 is 0 Å². The molecule has 0 fully saturated rings. The van der Waals surface area contributed by atoms with Crippen molar-refractivity contribution in [3.05, 3.63) is 35.9 Å². The number of ether oxygens (including phenoxy) is 1. The molecule has 20 heavy (non-hydrogen) atoms. The van der Waals surface area contributed by atoms with E-state index in [2.05, 4.69) is 10.1 Å². The first kappa shape index (κ1) is 12.7. The van der Waals surface area contributed by atoms with Crippen LogP contribution in [0.2, 0.25) is 0 Å². The van der Waals surface area contributed by atoms with Gasteiger partial charge in [-0.05, 0) is 18.1 Å². The fourth-order valence-corrected chi connectivity index (χ4v) is 2.06. The summed E-state index contributed by atoms with van der Waals surface area (Å²) in [5, 5.41) is 3.92. The molecule has 3 rings (SSSR count). The highest BCUT2D eigenvalue weighted by molar-refractivity contribution is 6.05. The van der Waals surface area contributed by atoms with Crippen LogP contribution in [0.25, 0.3) is 0 Å². The van der Waals surface area contributed by atoms with Gasteiger partial charge in [0.2, 0.25) is 11.6 Å². The Bertz CT molecular complexity index is 636. The van der Waals surface area contributed by atoms with E-state index in [1.807, 2.05) is 13.8 Å². The molecule has 1 aliphatic rings. The molecule has 2 aromatic rings. The Hall–Kier alpha value is -2.37. The minimum absolute atomic E-state index is 0.220. The summed E-state index contributed by atoms with van der Waals surface area (Å²) in [5.74, 6) is 0.710. The zero-order valence-corrected chi connectivity index (χ0v) is 11.4. The monoisotopic (exact) mass is 273 g/mol. The van der Waals surface area contributed by atoms with Gasteiger partial charge in [0.25, 0.3) is 5.91 Å². The molecular formula is C14H15N3O3. The van der Waals surface area contributed by atoms with E-state index in [1.165, 1.54) is 0 Å². The first-order chi connectivity index (χ1) is 9.66. The molecule has 0 N–H and O–H groups in total. The molecule has 0 spiro atoms. The minimum atomic E-state index is -0.220. The van der Waals surface area contributed by atoms with Gasteiger partial charge in [-0.3, -0.25) is 9.69 Å². The molecule has 2 aromatic heterocycles. The van der Waals surface area contributed by atoms with Gasteiger partial charge in [0.1, 0.15) is 12.3 Å². The average Bonchev–Trinajstić information content (AvgIpc) is 2.96. The molecule has 0 aromatic carbocycles. The zero-order chi connectivity index (χ0) is 14.1. The smallest absolute Gasteiger partial charge is 0.297 e. The SMILES string of the molecule is CC(C)c1cc(C(=O)N2CCOc3ncccc32)on1. The molecule has 6 nitrogen and oxygen atoms in total. The summed E-state index contributed by atoms with van der Waals surface area (Å²) in [6.45, 7) is 4.89. The van der Waals surface area contributed by atoms with Crippen LogP contribution in [0.15, 0.2) is 28.9 Å². The summed E-state index contributed by atoms with van der Waals surface area (Å²) in [4.78, 5) is 18.2. The van der Waals surface area contributed by atoms with Gasteiger partial charge in [-0.15, -0.1) is 0 Å². The highest BCUT2D eigenvalue weighted by Crippen LogP contribution is 2.30. The lowest BCUT2D eigenvalue weighted by Crippen LogP contribution is -2.38. The molecule has 0 aliphatic carbocycles. The molecule has 0 atom stereocenters. The van der Waals surface area contributed by atoms with Crippen molar-refractivity contribution in [1.82, 2.24) is 10.1 Å². The van der Waals surface area contributed by atoms with Crippen LogP contribution in [-0.2, 0) is 0 Å². The molecule has 1 aliphatic heterocycles. The number of pyridine rings is 1. The predicted molar refractivity (Wildman–Crippen MR) is 72.0 cm³/mol. The maximum atomic E-state index is 12.5. The van der Waals surface area contributed by atoms with Crippen molar-refractivity contribution in [2.45, 2.75) is 19.8 Å². The van der Waals surface area contributed by atoms with Crippen LogP contribution in [0, 0.1) is 0 Å². The lowest BCUT2D eigenvalue weighted by Gasteiger charge is -2.27. The Labute approximate surface area is 116 Å². The van der Waals surface area contributed by atoms with Crippen LogP contribution in [0.4, 0.5) is 5.69 Å². The second-order valence-electron chi connectivity index (χ2n) is 4.90. The fourth-order valence-electron chi connectivity index (χ4n) is 2.06. The molecule has 0 saturated carbocycles. The second kappa shape index (κ2) is 4.96. The van der Waals surface area contributed by atoms with Gasteiger partial charge in [0.15, 0.2) is 0 Å². The van der Waals surface area contributed by atoms with E-state index in [1.54, 1.807) is 29.3 Å². The van der Waals surface area contributed by atoms with E-state index in [0.717, 1.165) is 5.69 Å².